The van der Waals surface area contributed by atoms with Gasteiger partial charge in [0, 0.05) is 0 Å². The summed E-state index contributed by atoms with van der Waals surface area (Å²) in [7, 11) is -4.21. The predicted molar refractivity (Wildman–Crippen MR) is 59.7 cm³/mol. The van der Waals surface area contributed by atoms with Gasteiger partial charge in [-0.15, -0.1) is 0 Å². The van der Waals surface area contributed by atoms with Gasteiger partial charge in [-0.3, -0.25) is 9.36 Å². The Morgan fingerprint density at radius 3 is 2.31 bits per heavy atom. The number of primary amides is 1. The molecule has 0 radical (unpaired) electrons. The third kappa shape index (κ3) is 4.57. The molecule has 1 unspecified atom stereocenters. The van der Waals surface area contributed by atoms with Crippen molar-refractivity contribution in [1.82, 2.24) is 0 Å². The molecule has 1 aromatic rings. The molecule has 1 atom stereocenters. The lowest BCUT2D eigenvalue weighted by atomic mass is 10.0. The minimum Gasteiger partial charge on any atom is -0.369 e. The summed E-state index contributed by atoms with van der Waals surface area (Å²) in [5.41, 5.74) is 5.94. The van der Waals surface area contributed by atoms with Crippen LogP contribution in [0.4, 0.5) is 0 Å². The number of benzene rings is 1. The lowest BCUT2D eigenvalue weighted by Gasteiger charge is -2.13. The number of hydrogen-bond donors (Lipinski definition) is 3. The Morgan fingerprint density at radius 1 is 1.31 bits per heavy atom. The molecule has 6 heteroatoms. The molecule has 0 saturated carbocycles. The van der Waals surface area contributed by atoms with Crippen molar-refractivity contribution in [1.29, 1.82) is 0 Å². The second-order valence-corrected chi connectivity index (χ2v) is 5.33. The summed E-state index contributed by atoms with van der Waals surface area (Å²) in [6.07, 6.45) is -0.251. The zero-order valence-electron chi connectivity index (χ0n) is 8.61. The zero-order chi connectivity index (χ0) is 12.2. The number of carbonyl (C=O) groups is 1. The van der Waals surface area contributed by atoms with E-state index >= 15 is 0 Å². The topological polar surface area (TPSA) is 101 Å². The maximum absolute atomic E-state index is 11.1. The van der Waals surface area contributed by atoms with Gasteiger partial charge in [-0.1, -0.05) is 30.3 Å². The van der Waals surface area contributed by atoms with E-state index in [-0.39, 0.29) is 6.42 Å². The summed E-state index contributed by atoms with van der Waals surface area (Å²) >= 11 is 0. The molecule has 0 saturated heterocycles. The molecule has 1 amide bonds. The molecule has 88 valence electrons. The Labute approximate surface area is 93.4 Å². The van der Waals surface area contributed by atoms with Crippen molar-refractivity contribution in [3.8, 4) is 0 Å². The Morgan fingerprint density at radius 2 is 1.88 bits per heavy atom. The second kappa shape index (κ2) is 5.25. The van der Waals surface area contributed by atoms with Crippen LogP contribution in [0.5, 0.6) is 0 Å². The minimum atomic E-state index is -4.21. The van der Waals surface area contributed by atoms with Crippen molar-refractivity contribution in [3.05, 3.63) is 35.9 Å². The first-order chi connectivity index (χ1) is 7.38. The Bertz CT molecular complexity index is 401. The third-order valence-corrected chi connectivity index (χ3v) is 3.10. The molecule has 0 spiro atoms. The smallest absolute Gasteiger partial charge is 0.326 e. The number of rotatable bonds is 5. The van der Waals surface area contributed by atoms with Crippen LogP contribution in [0.1, 0.15) is 5.56 Å². The van der Waals surface area contributed by atoms with E-state index < -0.39 is 25.6 Å². The monoisotopic (exact) mass is 243 g/mol. The number of amides is 1. The van der Waals surface area contributed by atoms with Crippen LogP contribution in [0.2, 0.25) is 0 Å². The van der Waals surface area contributed by atoms with E-state index in [1.54, 1.807) is 24.3 Å². The van der Waals surface area contributed by atoms with Gasteiger partial charge in [-0.2, -0.15) is 0 Å². The molecule has 5 nitrogen and oxygen atoms in total. The number of hydrogen-bond acceptors (Lipinski definition) is 2. The van der Waals surface area contributed by atoms with Crippen molar-refractivity contribution < 1.29 is 19.1 Å². The fourth-order valence-corrected chi connectivity index (χ4v) is 2.32. The van der Waals surface area contributed by atoms with E-state index in [0.717, 1.165) is 5.56 Å². The van der Waals surface area contributed by atoms with Crippen LogP contribution in [0.3, 0.4) is 0 Å². The molecular weight excluding hydrogens is 229 g/mol. The summed E-state index contributed by atoms with van der Waals surface area (Å²) in [6.45, 7) is 0. The molecular formula is C10H14NO4P. The Kier molecular flexibility index (Phi) is 4.24. The van der Waals surface area contributed by atoms with E-state index in [4.69, 9.17) is 15.5 Å². The third-order valence-electron chi connectivity index (χ3n) is 2.19. The molecule has 4 N–H and O–H groups in total. The Balaban J connectivity index is 2.73. The standard InChI is InChI=1S/C10H14NO4P/c11-10(12)9(7-16(13,14)15)6-8-4-2-1-3-5-8/h1-5,9H,6-7H2,(H2,11,12)(H2,13,14,15). The van der Waals surface area contributed by atoms with E-state index in [9.17, 15) is 9.36 Å². The van der Waals surface area contributed by atoms with Gasteiger partial charge in [0.25, 0.3) is 0 Å². The SMILES string of the molecule is NC(=O)C(Cc1ccccc1)CP(=O)(O)O. The van der Waals surface area contributed by atoms with Gasteiger partial charge in [0.15, 0.2) is 0 Å². The predicted octanol–water partition coefficient (Wildman–Crippen LogP) is 0.508. The molecule has 0 fully saturated rings. The van der Waals surface area contributed by atoms with Crippen LogP contribution < -0.4 is 5.73 Å². The fraction of sp³-hybridized carbons (Fsp3) is 0.300. The molecule has 0 heterocycles. The van der Waals surface area contributed by atoms with Crippen molar-refractivity contribution in [3.63, 3.8) is 0 Å². The summed E-state index contributed by atoms with van der Waals surface area (Å²) in [5.74, 6) is -1.52. The van der Waals surface area contributed by atoms with Crippen molar-refractivity contribution in [2.75, 3.05) is 6.16 Å². The average molecular weight is 243 g/mol. The highest BCUT2D eigenvalue weighted by molar-refractivity contribution is 7.51. The molecule has 1 aromatic carbocycles. The lowest BCUT2D eigenvalue weighted by Crippen LogP contribution is -2.28. The fourth-order valence-electron chi connectivity index (χ4n) is 1.44. The second-order valence-electron chi connectivity index (χ2n) is 3.64. The summed E-state index contributed by atoms with van der Waals surface area (Å²) < 4.78 is 10.8. The van der Waals surface area contributed by atoms with Crippen LogP contribution in [0.25, 0.3) is 0 Å². The van der Waals surface area contributed by atoms with E-state index in [1.165, 1.54) is 0 Å². The summed E-state index contributed by atoms with van der Waals surface area (Å²) in [4.78, 5) is 28.7. The molecule has 0 aliphatic heterocycles. The molecule has 0 bridgehead atoms. The van der Waals surface area contributed by atoms with Crippen molar-refractivity contribution in [2.45, 2.75) is 6.42 Å². The van der Waals surface area contributed by atoms with Gasteiger partial charge in [-0.25, -0.2) is 0 Å². The van der Waals surface area contributed by atoms with Gasteiger partial charge < -0.3 is 15.5 Å². The van der Waals surface area contributed by atoms with Crippen LogP contribution >= 0.6 is 7.60 Å². The first kappa shape index (κ1) is 12.9. The highest BCUT2D eigenvalue weighted by atomic mass is 31.2. The maximum atomic E-state index is 11.1. The van der Waals surface area contributed by atoms with Crippen LogP contribution in [0.15, 0.2) is 30.3 Å². The average Bonchev–Trinajstić information content (AvgIpc) is 2.16. The minimum absolute atomic E-state index is 0.251. The van der Waals surface area contributed by atoms with E-state index in [1.807, 2.05) is 6.07 Å². The highest BCUT2D eigenvalue weighted by Gasteiger charge is 2.25. The van der Waals surface area contributed by atoms with Gasteiger partial charge in [0.1, 0.15) is 0 Å². The molecule has 16 heavy (non-hydrogen) atoms. The lowest BCUT2D eigenvalue weighted by molar-refractivity contribution is -0.121. The first-order valence-electron chi connectivity index (χ1n) is 4.76. The van der Waals surface area contributed by atoms with Gasteiger partial charge in [0.05, 0.1) is 12.1 Å². The van der Waals surface area contributed by atoms with Crippen molar-refractivity contribution >= 4 is 13.5 Å². The highest BCUT2D eigenvalue weighted by Crippen LogP contribution is 2.37. The maximum Gasteiger partial charge on any atom is 0.326 e. The molecule has 1 rings (SSSR count). The van der Waals surface area contributed by atoms with Gasteiger partial charge >= 0.3 is 7.60 Å². The van der Waals surface area contributed by atoms with Crippen LogP contribution in [-0.2, 0) is 15.8 Å². The van der Waals surface area contributed by atoms with E-state index in [2.05, 4.69) is 0 Å². The van der Waals surface area contributed by atoms with Crippen LogP contribution in [-0.4, -0.2) is 21.9 Å². The van der Waals surface area contributed by atoms with Crippen LogP contribution in [0, 0.1) is 5.92 Å². The van der Waals surface area contributed by atoms with Gasteiger partial charge in [0.2, 0.25) is 5.91 Å². The molecule has 0 aliphatic rings. The summed E-state index contributed by atoms with van der Waals surface area (Å²) in [6, 6.07) is 8.99. The number of nitrogens with two attached hydrogens (primary N) is 1. The van der Waals surface area contributed by atoms with Gasteiger partial charge in [-0.05, 0) is 12.0 Å². The van der Waals surface area contributed by atoms with E-state index in [0.29, 0.717) is 0 Å². The Hall–Kier alpha value is -1.16. The van der Waals surface area contributed by atoms with Crippen molar-refractivity contribution in [2.24, 2.45) is 11.7 Å². The molecule has 0 aromatic heterocycles. The first-order valence-corrected chi connectivity index (χ1v) is 6.56. The zero-order valence-corrected chi connectivity index (χ0v) is 9.51. The summed E-state index contributed by atoms with van der Waals surface area (Å²) in [5, 5.41) is 0. The quantitative estimate of drug-likeness (QED) is 0.656. The molecule has 0 aliphatic carbocycles. The normalized spacial score (nSPS) is 13.4. The largest absolute Gasteiger partial charge is 0.369 e. The number of carbonyl (C=O) groups excluding carboxylic acids is 1.